The first-order chi connectivity index (χ1) is 5.77. The van der Waals surface area contributed by atoms with Crippen molar-refractivity contribution in [2.24, 2.45) is 0 Å². The van der Waals surface area contributed by atoms with Gasteiger partial charge in [-0.2, -0.15) is 0 Å². The van der Waals surface area contributed by atoms with Crippen molar-refractivity contribution in [3.05, 3.63) is 24.0 Å². The van der Waals surface area contributed by atoms with Crippen molar-refractivity contribution in [2.75, 3.05) is 10.6 Å². The lowest BCUT2D eigenvalue weighted by molar-refractivity contribution is 0.0958. The molecule has 0 unspecified atom stereocenters. The quantitative estimate of drug-likeness (QED) is 0.631. The summed E-state index contributed by atoms with van der Waals surface area (Å²) in [5.41, 5.74) is 1.28. The van der Waals surface area contributed by atoms with Gasteiger partial charge in [-0.25, -0.2) is 0 Å². The van der Waals surface area contributed by atoms with Crippen LogP contribution < -0.4 is 8.85 Å². The summed E-state index contributed by atoms with van der Waals surface area (Å²) < 4.78 is 2.90. The largest absolute Gasteiger partial charge is 0.354 e. The highest BCUT2D eigenvalue weighted by Crippen LogP contribution is 2.09. The Hall–Kier alpha value is -0.850. The topological polar surface area (TPSA) is 54.0 Å². The third-order valence-corrected chi connectivity index (χ3v) is 1.95. The van der Waals surface area contributed by atoms with Crippen LogP contribution in [0.15, 0.2) is 18.3 Å². The smallest absolute Gasteiger partial charge is 0.269 e. The van der Waals surface area contributed by atoms with Crippen LogP contribution in [-0.4, -0.2) is 17.9 Å². The summed E-state index contributed by atoms with van der Waals surface area (Å²) in [6.45, 7) is 0. The SMILES string of the molecule is CNC(=O)c1cc(NI)ccn1. The molecule has 0 spiro atoms. The minimum absolute atomic E-state index is 0.177. The lowest BCUT2D eigenvalue weighted by Gasteiger charge is -2.00. The van der Waals surface area contributed by atoms with Gasteiger partial charge in [0.25, 0.3) is 5.91 Å². The standard InChI is InChI=1S/C7H8IN3O/c1-9-7(12)6-4-5(11-8)2-3-10-6/h2-4H,1H3,(H,9,12)(H,10,11). The van der Waals surface area contributed by atoms with Crippen LogP contribution in [0.25, 0.3) is 0 Å². The number of halogens is 1. The number of pyridine rings is 1. The van der Waals surface area contributed by atoms with Gasteiger partial charge in [-0.05, 0) is 12.1 Å². The molecule has 1 rings (SSSR count). The van der Waals surface area contributed by atoms with Crippen LogP contribution in [0.3, 0.4) is 0 Å². The summed E-state index contributed by atoms with van der Waals surface area (Å²) in [7, 11) is 1.58. The third-order valence-electron chi connectivity index (χ3n) is 1.33. The van der Waals surface area contributed by atoms with Gasteiger partial charge in [0.1, 0.15) is 5.69 Å². The first-order valence-electron chi connectivity index (χ1n) is 3.32. The summed E-state index contributed by atoms with van der Waals surface area (Å²) in [5, 5.41) is 2.50. The molecule has 12 heavy (non-hydrogen) atoms. The minimum Gasteiger partial charge on any atom is -0.354 e. The molecule has 2 N–H and O–H groups in total. The van der Waals surface area contributed by atoms with E-state index in [1.807, 2.05) is 22.9 Å². The van der Waals surface area contributed by atoms with Crippen LogP contribution in [0.1, 0.15) is 10.5 Å². The van der Waals surface area contributed by atoms with E-state index in [0.717, 1.165) is 5.69 Å². The maximum Gasteiger partial charge on any atom is 0.269 e. The average Bonchev–Trinajstić information content (AvgIpc) is 2.17. The Morgan fingerprint density at radius 3 is 3.00 bits per heavy atom. The van der Waals surface area contributed by atoms with Crippen molar-refractivity contribution in [3.63, 3.8) is 0 Å². The molecule has 0 bridgehead atoms. The summed E-state index contributed by atoms with van der Waals surface area (Å²) in [4.78, 5) is 15.0. The molecular formula is C7H8IN3O. The van der Waals surface area contributed by atoms with Crippen molar-refractivity contribution in [3.8, 4) is 0 Å². The molecular weight excluding hydrogens is 269 g/mol. The fraction of sp³-hybridized carbons (Fsp3) is 0.143. The summed E-state index contributed by atoms with van der Waals surface area (Å²) >= 11 is 2.00. The number of carbonyl (C=O) groups is 1. The normalized spacial score (nSPS) is 9.17. The number of anilines is 1. The fourth-order valence-corrected chi connectivity index (χ4v) is 1.08. The van der Waals surface area contributed by atoms with Crippen LogP contribution in [0, 0.1) is 0 Å². The predicted molar refractivity (Wildman–Crippen MR) is 55.3 cm³/mol. The molecule has 1 aromatic rings. The zero-order valence-corrected chi connectivity index (χ0v) is 8.62. The molecule has 0 aliphatic rings. The Labute approximate surface area is 84.3 Å². The number of carbonyl (C=O) groups excluding carboxylic acids is 1. The second-order valence-corrected chi connectivity index (χ2v) is 2.64. The second kappa shape index (κ2) is 4.24. The molecule has 1 aromatic heterocycles. The molecule has 0 radical (unpaired) electrons. The minimum atomic E-state index is -0.177. The Kier molecular flexibility index (Phi) is 3.27. The maximum absolute atomic E-state index is 11.1. The van der Waals surface area contributed by atoms with Gasteiger partial charge in [-0.15, -0.1) is 0 Å². The Bertz CT molecular complexity index is 290. The first kappa shape index (κ1) is 9.24. The molecule has 1 amide bonds. The number of nitrogens with one attached hydrogen (secondary N) is 2. The van der Waals surface area contributed by atoms with E-state index in [4.69, 9.17) is 0 Å². The van der Waals surface area contributed by atoms with Crippen molar-refractivity contribution in [2.45, 2.75) is 0 Å². The molecule has 0 aliphatic heterocycles. The molecule has 64 valence electrons. The molecule has 0 saturated heterocycles. The molecule has 0 fully saturated rings. The lowest BCUT2D eigenvalue weighted by atomic mass is 10.3. The molecule has 0 atom stereocenters. The lowest BCUT2D eigenvalue weighted by Crippen LogP contribution is -2.18. The highest BCUT2D eigenvalue weighted by Gasteiger charge is 2.03. The number of hydrogen-bond donors (Lipinski definition) is 2. The van der Waals surface area contributed by atoms with Gasteiger partial charge in [-0.1, -0.05) is 0 Å². The van der Waals surface area contributed by atoms with Crippen LogP contribution >= 0.6 is 22.9 Å². The van der Waals surface area contributed by atoms with Crippen molar-refractivity contribution >= 4 is 34.5 Å². The number of nitrogens with zero attached hydrogens (tertiary/aromatic N) is 1. The molecule has 5 heteroatoms. The summed E-state index contributed by atoms with van der Waals surface area (Å²) in [5.74, 6) is -0.177. The third kappa shape index (κ3) is 2.07. The van der Waals surface area contributed by atoms with Crippen molar-refractivity contribution in [1.29, 1.82) is 0 Å². The van der Waals surface area contributed by atoms with E-state index in [1.165, 1.54) is 0 Å². The molecule has 0 aliphatic carbocycles. The van der Waals surface area contributed by atoms with Crippen molar-refractivity contribution < 1.29 is 4.79 Å². The van der Waals surface area contributed by atoms with Gasteiger partial charge in [0, 0.05) is 18.9 Å². The Balaban J connectivity index is 2.93. The van der Waals surface area contributed by atoms with E-state index in [9.17, 15) is 4.79 Å². The average molecular weight is 277 g/mol. The van der Waals surface area contributed by atoms with Crippen molar-refractivity contribution in [1.82, 2.24) is 10.3 Å². The van der Waals surface area contributed by atoms with E-state index in [1.54, 1.807) is 25.4 Å². The van der Waals surface area contributed by atoms with E-state index >= 15 is 0 Å². The maximum atomic E-state index is 11.1. The van der Waals surface area contributed by atoms with E-state index in [2.05, 4.69) is 13.8 Å². The van der Waals surface area contributed by atoms with Gasteiger partial charge in [0.05, 0.1) is 22.9 Å². The fourth-order valence-electron chi connectivity index (χ4n) is 0.742. The highest BCUT2D eigenvalue weighted by molar-refractivity contribution is 14.1. The van der Waals surface area contributed by atoms with Crippen LogP contribution in [-0.2, 0) is 0 Å². The van der Waals surface area contributed by atoms with Crippen LogP contribution in [0.4, 0.5) is 5.69 Å². The van der Waals surface area contributed by atoms with E-state index in [0.29, 0.717) is 5.69 Å². The number of aromatic nitrogens is 1. The van der Waals surface area contributed by atoms with Crippen LogP contribution in [0.5, 0.6) is 0 Å². The number of hydrogen-bond acceptors (Lipinski definition) is 3. The zero-order valence-electron chi connectivity index (χ0n) is 6.47. The molecule has 1 heterocycles. The Morgan fingerprint density at radius 1 is 1.67 bits per heavy atom. The van der Waals surface area contributed by atoms with Crippen LogP contribution in [0.2, 0.25) is 0 Å². The van der Waals surface area contributed by atoms with Gasteiger partial charge in [-0.3, -0.25) is 9.78 Å². The zero-order chi connectivity index (χ0) is 8.97. The van der Waals surface area contributed by atoms with Gasteiger partial charge in [0.2, 0.25) is 0 Å². The first-order valence-corrected chi connectivity index (χ1v) is 4.40. The summed E-state index contributed by atoms with van der Waals surface area (Å²) in [6, 6.07) is 3.48. The van der Waals surface area contributed by atoms with Gasteiger partial charge >= 0.3 is 0 Å². The number of amides is 1. The van der Waals surface area contributed by atoms with E-state index < -0.39 is 0 Å². The van der Waals surface area contributed by atoms with Gasteiger partial charge < -0.3 is 8.85 Å². The highest BCUT2D eigenvalue weighted by atomic mass is 127. The number of rotatable bonds is 2. The van der Waals surface area contributed by atoms with Gasteiger partial charge in [0.15, 0.2) is 0 Å². The van der Waals surface area contributed by atoms with E-state index in [-0.39, 0.29) is 5.91 Å². The molecule has 4 nitrogen and oxygen atoms in total. The molecule has 0 saturated carbocycles. The predicted octanol–water partition coefficient (Wildman–Crippen LogP) is 1.20. The second-order valence-electron chi connectivity index (χ2n) is 2.10. The summed E-state index contributed by atoms with van der Waals surface area (Å²) in [6.07, 6.45) is 1.59. The Morgan fingerprint density at radius 2 is 2.42 bits per heavy atom. The molecule has 0 aromatic carbocycles. The monoisotopic (exact) mass is 277 g/mol.